The van der Waals surface area contributed by atoms with E-state index in [2.05, 4.69) is 24.0 Å². The summed E-state index contributed by atoms with van der Waals surface area (Å²) in [6.45, 7) is 0. The molecule has 2 aromatic heterocycles. The minimum Gasteiger partial charge on any atom is -0.331 e. The molecule has 3 rings (SSSR count). The van der Waals surface area contributed by atoms with Gasteiger partial charge in [-0.05, 0) is 12.1 Å². The molecule has 0 saturated carbocycles. The van der Waals surface area contributed by atoms with Crippen LogP contribution in [0.2, 0.25) is 5.02 Å². The van der Waals surface area contributed by atoms with Crippen molar-refractivity contribution in [2.45, 2.75) is 0 Å². The molecule has 0 atom stereocenters. The Bertz CT molecular complexity index is 618. The molecule has 1 aromatic carbocycles. The molecule has 0 amide bonds. The minimum absolute atomic E-state index is 0.594. The zero-order chi connectivity index (χ0) is 11.0. The molecule has 0 bridgehead atoms. The second kappa shape index (κ2) is 3.73. The fourth-order valence-electron chi connectivity index (χ4n) is 1.40. The maximum Gasteiger partial charge on any atom is 0.204 e. The average molecular weight is 256 g/mol. The zero-order valence-corrected chi connectivity index (χ0v) is 9.51. The number of aromatic amines is 1. The van der Waals surface area contributed by atoms with Crippen LogP contribution in [0.3, 0.4) is 0 Å². The number of rotatable bonds is 2. The molecule has 80 valence electrons. The monoisotopic (exact) mass is 255 g/mol. The van der Waals surface area contributed by atoms with Crippen LogP contribution in [0, 0.1) is 0 Å². The molecule has 0 radical (unpaired) electrons. The van der Waals surface area contributed by atoms with Crippen LogP contribution in [0.15, 0.2) is 24.5 Å². The van der Waals surface area contributed by atoms with Crippen LogP contribution in [-0.4, -0.2) is 18.7 Å². The number of nitrogens with zero attached hydrogens (tertiary/aromatic N) is 3. The number of anilines is 2. The molecule has 0 saturated heterocycles. The number of halogens is 1. The molecule has 0 unspecified atom stereocenters. The van der Waals surface area contributed by atoms with E-state index in [1.54, 1.807) is 18.5 Å². The van der Waals surface area contributed by atoms with Crippen molar-refractivity contribution >= 4 is 46.0 Å². The number of aromatic nitrogens is 4. The van der Waals surface area contributed by atoms with Crippen LogP contribution < -0.4 is 5.32 Å². The van der Waals surface area contributed by atoms with Gasteiger partial charge < -0.3 is 10.3 Å². The summed E-state index contributed by atoms with van der Waals surface area (Å²) in [6, 6.07) is 3.63. The third kappa shape index (κ3) is 1.52. The Morgan fingerprint density at radius 2 is 2.25 bits per heavy atom. The van der Waals surface area contributed by atoms with Crippen molar-refractivity contribution in [2.75, 3.05) is 5.32 Å². The summed E-state index contributed by atoms with van der Waals surface area (Å²) in [4.78, 5) is 7.02. The van der Waals surface area contributed by atoms with Crippen molar-refractivity contribution in [3.05, 3.63) is 29.5 Å². The molecule has 0 spiro atoms. The van der Waals surface area contributed by atoms with E-state index in [0.717, 1.165) is 28.4 Å². The highest BCUT2D eigenvalue weighted by atomic mass is 35.5. The highest BCUT2D eigenvalue weighted by Crippen LogP contribution is 2.31. The Balaban J connectivity index is 2.14. The number of H-pyrrole nitrogens is 1. The van der Waals surface area contributed by atoms with Crippen molar-refractivity contribution < 1.29 is 0 Å². The van der Waals surface area contributed by atoms with Crippen molar-refractivity contribution in [3.8, 4) is 0 Å². The van der Waals surface area contributed by atoms with E-state index < -0.39 is 0 Å². The fourth-order valence-corrected chi connectivity index (χ4v) is 2.14. The summed E-state index contributed by atoms with van der Waals surface area (Å²) in [5.74, 6) is 0.627. The summed E-state index contributed by atoms with van der Waals surface area (Å²) in [5.41, 5.74) is 2.31. The van der Waals surface area contributed by atoms with Gasteiger partial charge in [0.05, 0.1) is 22.4 Å². The SMILES string of the molecule is Clc1ccc2nsnc2c1N[13c]1n[13cH][13cH][15nH]1. The quantitative estimate of drug-likeness (QED) is 0.739. The molecular weight excluding hydrogens is 250 g/mol. The predicted octanol–water partition coefficient (Wildman–Crippen LogP) is 2.81. The molecule has 3 aromatic rings. The van der Waals surface area contributed by atoms with E-state index in [4.69, 9.17) is 11.6 Å². The smallest absolute Gasteiger partial charge is 0.204 e. The molecule has 2 N–H and O–H groups in total. The maximum absolute atomic E-state index is 6.11. The first-order valence-electron chi connectivity index (χ1n) is 4.52. The van der Waals surface area contributed by atoms with Crippen LogP contribution in [0.4, 0.5) is 11.6 Å². The second-order valence-corrected chi connectivity index (χ2v) is 4.05. The van der Waals surface area contributed by atoms with Gasteiger partial charge in [-0.25, -0.2) is 4.98 Å². The largest absolute Gasteiger partial charge is 0.331 e. The third-order valence-corrected chi connectivity index (χ3v) is 2.98. The first kappa shape index (κ1) is 9.56. The summed E-state index contributed by atoms with van der Waals surface area (Å²) < 4.78 is 8.35. The van der Waals surface area contributed by atoms with E-state index >= 15 is 0 Å². The van der Waals surface area contributed by atoms with Crippen molar-refractivity contribution in [3.63, 3.8) is 0 Å². The van der Waals surface area contributed by atoms with Gasteiger partial charge in [0.15, 0.2) is 0 Å². The molecule has 5 nitrogen and oxygen atoms in total. The van der Waals surface area contributed by atoms with E-state index in [1.165, 1.54) is 0 Å². The van der Waals surface area contributed by atoms with Gasteiger partial charge in [-0.15, -0.1) is 0 Å². The maximum atomic E-state index is 6.11. The molecule has 7 heteroatoms. The standard InChI is InChI=1S/C9H6ClN5S/c10-5-1-2-6-8(15-16-14-6)7(5)13-9-11-3-4-12-9/h1-4H,(H2,11,12,13)/i3+1,4+1,9+1,11+1. The third-order valence-electron chi connectivity index (χ3n) is 2.12. The lowest BCUT2D eigenvalue weighted by atomic mass is 10.3. The minimum atomic E-state index is 0.594. The Kier molecular flexibility index (Phi) is 2.23. The molecular formula is C9H6ClN5S. The van der Waals surface area contributed by atoms with Gasteiger partial charge in [-0.2, -0.15) is 8.75 Å². The van der Waals surface area contributed by atoms with Gasteiger partial charge in [0.1, 0.15) is 11.0 Å². The van der Waals surface area contributed by atoms with E-state index in [-0.39, 0.29) is 0 Å². The topological polar surface area (TPSA) is 66.5 Å². The fraction of sp³-hybridized carbons (Fsp3) is 0. The Morgan fingerprint density at radius 1 is 1.31 bits per heavy atom. The predicted molar refractivity (Wildman–Crippen MR) is 64.3 cm³/mol. The van der Waals surface area contributed by atoms with E-state index in [0.29, 0.717) is 11.0 Å². The lowest BCUT2D eigenvalue weighted by molar-refractivity contribution is 1.29. The number of hydrogen-bond donors (Lipinski definition) is 2. The van der Waals surface area contributed by atoms with Crippen molar-refractivity contribution in [1.82, 2.24) is 18.7 Å². The Morgan fingerprint density at radius 3 is 3.06 bits per heavy atom. The summed E-state index contributed by atoms with van der Waals surface area (Å²) in [7, 11) is 0. The molecule has 16 heavy (non-hydrogen) atoms. The van der Waals surface area contributed by atoms with E-state index in [1.807, 2.05) is 6.07 Å². The number of imidazole rings is 1. The van der Waals surface area contributed by atoms with Gasteiger partial charge in [-0.1, -0.05) is 11.6 Å². The second-order valence-electron chi connectivity index (χ2n) is 3.12. The van der Waals surface area contributed by atoms with Gasteiger partial charge in [-0.3, -0.25) is 0 Å². The first-order chi connectivity index (χ1) is 7.84. The average Bonchev–Trinajstić information content (AvgIpc) is 2.92. The lowest BCUT2D eigenvalue weighted by Crippen LogP contribution is -1.94. The Labute approximate surface area is 99.8 Å². The number of fused-ring (bicyclic) bond motifs is 1. The summed E-state index contributed by atoms with van der Waals surface area (Å²) in [6.07, 6.45) is 3.39. The van der Waals surface area contributed by atoms with E-state index in [9.17, 15) is 0 Å². The van der Waals surface area contributed by atoms with Crippen LogP contribution in [0.1, 0.15) is 0 Å². The van der Waals surface area contributed by atoms with Gasteiger partial charge in [0, 0.05) is 12.4 Å². The number of hydrogen-bond acceptors (Lipinski definition) is 5. The highest BCUT2D eigenvalue weighted by Gasteiger charge is 2.10. The molecule has 0 fully saturated rings. The zero-order valence-electron chi connectivity index (χ0n) is 7.94. The Hall–Kier alpha value is -1.66. The molecule has 0 aliphatic rings. The normalized spacial score (nSPS) is 10.8. The van der Waals surface area contributed by atoms with Crippen molar-refractivity contribution in [2.24, 2.45) is 0 Å². The summed E-state index contributed by atoms with van der Waals surface area (Å²) in [5, 5.41) is 3.68. The van der Waals surface area contributed by atoms with Gasteiger partial charge in [0.2, 0.25) is 5.95 Å². The van der Waals surface area contributed by atoms with Crippen molar-refractivity contribution in [1.29, 1.82) is 0 Å². The molecule has 0 aliphatic carbocycles. The highest BCUT2D eigenvalue weighted by molar-refractivity contribution is 7.00. The molecule has 0 aliphatic heterocycles. The molecule has 2 heterocycles. The first-order valence-corrected chi connectivity index (χ1v) is 5.62. The van der Waals surface area contributed by atoms with Crippen LogP contribution in [0.25, 0.3) is 11.0 Å². The van der Waals surface area contributed by atoms with Gasteiger partial charge in [0.25, 0.3) is 0 Å². The number of nitrogens with one attached hydrogen (secondary N) is 2. The number of benzene rings is 1. The van der Waals surface area contributed by atoms with Gasteiger partial charge >= 0.3 is 0 Å². The lowest BCUT2D eigenvalue weighted by Gasteiger charge is -2.05. The van der Waals surface area contributed by atoms with Crippen LogP contribution >= 0.6 is 23.3 Å². The van der Waals surface area contributed by atoms with Crippen LogP contribution in [-0.2, 0) is 0 Å². The summed E-state index contributed by atoms with van der Waals surface area (Å²) >= 11 is 7.27. The van der Waals surface area contributed by atoms with Crippen LogP contribution in [0.5, 0.6) is 0 Å².